The van der Waals surface area contributed by atoms with Gasteiger partial charge in [-0.15, -0.1) is 36.2 Å². The Labute approximate surface area is 146 Å². The molecular formula is C13H21Cl2N5OS. The molecule has 2 rings (SSSR count). The molecule has 0 aliphatic carbocycles. The third-order valence-corrected chi connectivity index (χ3v) is 4.00. The monoisotopic (exact) mass is 365 g/mol. The third-order valence-electron chi connectivity index (χ3n) is 2.95. The van der Waals surface area contributed by atoms with Gasteiger partial charge in [0.05, 0.1) is 23.4 Å². The first kappa shape index (κ1) is 20.9. The van der Waals surface area contributed by atoms with Crippen LogP contribution in [0, 0.1) is 0 Å². The fourth-order valence-corrected chi connectivity index (χ4v) is 2.66. The normalized spacial score (nSPS) is 11.2. The first-order valence-corrected chi connectivity index (χ1v) is 7.38. The summed E-state index contributed by atoms with van der Waals surface area (Å²) < 4.78 is 1.68. The molecule has 2 aromatic heterocycles. The molecule has 0 radical (unpaired) electrons. The summed E-state index contributed by atoms with van der Waals surface area (Å²) in [6.07, 6.45) is 4.45. The Morgan fingerprint density at radius 1 is 1.45 bits per heavy atom. The predicted molar refractivity (Wildman–Crippen MR) is 92.8 cm³/mol. The number of thiazole rings is 1. The number of rotatable bonds is 6. The van der Waals surface area contributed by atoms with Crippen LogP contribution in [0.1, 0.15) is 29.2 Å². The number of likely N-dealkylation sites (N-methyl/N-ethyl adjacent to an activating group) is 1. The minimum Gasteiger partial charge on any atom is -0.349 e. The van der Waals surface area contributed by atoms with Crippen molar-refractivity contribution in [3.05, 3.63) is 34.0 Å². The molecular weight excluding hydrogens is 345 g/mol. The Morgan fingerprint density at radius 3 is 2.68 bits per heavy atom. The SMILES string of the molecule is CCc1nc(CNC(=O)C(NC)c2cnn(C)c2)cs1.Cl.Cl. The fourth-order valence-electron chi connectivity index (χ4n) is 1.91. The van der Waals surface area contributed by atoms with Gasteiger partial charge >= 0.3 is 0 Å². The average molecular weight is 366 g/mol. The number of nitrogens with zero attached hydrogens (tertiary/aromatic N) is 3. The van der Waals surface area contributed by atoms with E-state index >= 15 is 0 Å². The van der Waals surface area contributed by atoms with E-state index in [1.807, 2.05) is 18.6 Å². The summed E-state index contributed by atoms with van der Waals surface area (Å²) in [4.78, 5) is 16.6. The molecule has 1 amide bonds. The van der Waals surface area contributed by atoms with Crippen molar-refractivity contribution in [2.75, 3.05) is 7.05 Å². The number of aromatic nitrogens is 3. The molecule has 2 aromatic rings. The van der Waals surface area contributed by atoms with Crippen LogP contribution in [0.2, 0.25) is 0 Å². The number of nitrogens with one attached hydrogen (secondary N) is 2. The highest BCUT2D eigenvalue weighted by molar-refractivity contribution is 7.09. The molecule has 6 nitrogen and oxygen atoms in total. The molecule has 1 atom stereocenters. The van der Waals surface area contributed by atoms with E-state index in [9.17, 15) is 4.79 Å². The van der Waals surface area contributed by atoms with Gasteiger partial charge in [-0.3, -0.25) is 9.48 Å². The van der Waals surface area contributed by atoms with Crippen molar-refractivity contribution in [3.63, 3.8) is 0 Å². The molecule has 0 aliphatic heterocycles. The molecule has 124 valence electrons. The van der Waals surface area contributed by atoms with Crippen LogP contribution < -0.4 is 10.6 Å². The van der Waals surface area contributed by atoms with Crippen LogP contribution in [0.15, 0.2) is 17.8 Å². The van der Waals surface area contributed by atoms with Crippen LogP contribution >= 0.6 is 36.2 Å². The highest BCUT2D eigenvalue weighted by Crippen LogP contribution is 2.13. The number of carbonyl (C=O) groups excluding carboxylic acids is 1. The van der Waals surface area contributed by atoms with Gasteiger partial charge < -0.3 is 10.6 Å². The number of carbonyl (C=O) groups is 1. The van der Waals surface area contributed by atoms with Gasteiger partial charge in [0.1, 0.15) is 6.04 Å². The van der Waals surface area contributed by atoms with E-state index in [-0.39, 0.29) is 30.7 Å². The molecule has 0 saturated heterocycles. The van der Waals surface area contributed by atoms with Gasteiger partial charge in [0.2, 0.25) is 5.91 Å². The number of hydrogen-bond acceptors (Lipinski definition) is 5. The molecule has 0 aromatic carbocycles. The van der Waals surface area contributed by atoms with Crippen molar-refractivity contribution < 1.29 is 4.79 Å². The lowest BCUT2D eigenvalue weighted by atomic mass is 10.1. The molecule has 22 heavy (non-hydrogen) atoms. The van der Waals surface area contributed by atoms with Gasteiger partial charge in [-0.05, 0) is 13.5 Å². The summed E-state index contributed by atoms with van der Waals surface area (Å²) in [5, 5.41) is 13.1. The van der Waals surface area contributed by atoms with E-state index in [0.29, 0.717) is 6.54 Å². The Hall–Kier alpha value is -1.15. The molecule has 0 fully saturated rings. The van der Waals surface area contributed by atoms with Crippen LogP contribution in [-0.2, 0) is 24.8 Å². The van der Waals surface area contributed by atoms with Crippen molar-refractivity contribution in [3.8, 4) is 0 Å². The van der Waals surface area contributed by atoms with Crippen LogP contribution in [0.4, 0.5) is 0 Å². The molecule has 2 heterocycles. The standard InChI is InChI=1S/C13H19N5OS.2ClH/c1-4-11-17-10(8-20-11)6-15-13(19)12(14-2)9-5-16-18(3)7-9;;/h5,7-8,12,14H,4,6H2,1-3H3,(H,15,19);2*1H. The summed E-state index contributed by atoms with van der Waals surface area (Å²) in [5.41, 5.74) is 1.75. The fraction of sp³-hybridized carbons (Fsp3) is 0.462. The van der Waals surface area contributed by atoms with Crippen molar-refractivity contribution in [2.45, 2.75) is 25.9 Å². The van der Waals surface area contributed by atoms with Gasteiger partial charge in [0, 0.05) is 24.2 Å². The Balaban J connectivity index is 0.00000220. The van der Waals surface area contributed by atoms with Crippen molar-refractivity contribution >= 4 is 42.1 Å². The second-order valence-corrected chi connectivity index (χ2v) is 5.42. The zero-order valence-electron chi connectivity index (χ0n) is 12.7. The van der Waals surface area contributed by atoms with Gasteiger partial charge in [-0.25, -0.2) is 4.98 Å². The van der Waals surface area contributed by atoms with Crippen molar-refractivity contribution in [1.82, 2.24) is 25.4 Å². The highest BCUT2D eigenvalue weighted by atomic mass is 35.5. The molecule has 0 aliphatic rings. The third kappa shape index (κ3) is 5.24. The first-order valence-electron chi connectivity index (χ1n) is 6.50. The lowest BCUT2D eigenvalue weighted by Gasteiger charge is -2.13. The Bertz CT molecular complexity index is 587. The maximum absolute atomic E-state index is 12.2. The lowest BCUT2D eigenvalue weighted by Crippen LogP contribution is -2.35. The topological polar surface area (TPSA) is 71.8 Å². The average Bonchev–Trinajstić information content (AvgIpc) is 3.06. The summed E-state index contributed by atoms with van der Waals surface area (Å²) in [6.45, 7) is 2.52. The molecule has 9 heteroatoms. The molecule has 2 N–H and O–H groups in total. The van der Waals surface area contributed by atoms with E-state index in [0.717, 1.165) is 22.7 Å². The Kier molecular flexibility index (Phi) is 9.27. The van der Waals surface area contributed by atoms with E-state index < -0.39 is 6.04 Å². The lowest BCUT2D eigenvalue weighted by molar-refractivity contribution is -0.123. The van der Waals surface area contributed by atoms with Crippen molar-refractivity contribution in [2.24, 2.45) is 7.05 Å². The van der Waals surface area contributed by atoms with Gasteiger partial charge in [0.15, 0.2) is 0 Å². The van der Waals surface area contributed by atoms with Crippen LogP contribution in [0.5, 0.6) is 0 Å². The summed E-state index contributed by atoms with van der Waals surface area (Å²) in [5.74, 6) is -0.0773. The van der Waals surface area contributed by atoms with Gasteiger partial charge in [-0.1, -0.05) is 6.92 Å². The maximum Gasteiger partial charge on any atom is 0.242 e. The minimum atomic E-state index is -0.395. The molecule has 0 spiro atoms. The second-order valence-electron chi connectivity index (χ2n) is 4.47. The summed E-state index contributed by atoms with van der Waals surface area (Å²) >= 11 is 1.62. The van der Waals surface area contributed by atoms with E-state index in [4.69, 9.17) is 0 Å². The number of hydrogen-bond donors (Lipinski definition) is 2. The maximum atomic E-state index is 12.2. The van der Waals surface area contributed by atoms with Gasteiger partial charge in [0.25, 0.3) is 0 Å². The highest BCUT2D eigenvalue weighted by Gasteiger charge is 2.19. The van der Waals surface area contributed by atoms with E-state index in [2.05, 4.69) is 27.6 Å². The van der Waals surface area contributed by atoms with Crippen molar-refractivity contribution in [1.29, 1.82) is 0 Å². The second kappa shape index (κ2) is 9.78. The van der Waals surface area contributed by atoms with Gasteiger partial charge in [-0.2, -0.15) is 5.10 Å². The first-order chi connectivity index (χ1) is 9.63. The molecule has 0 bridgehead atoms. The number of halogens is 2. The summed E-state index contributed by atoms with van der Waals surface area (Å²) in [6, 6.07) is -0.395. The quantitative estimate of drug-likeness (QED) is 0.819. The van der Waals surface area contributed by atoms with E-state index in [1.54, 1.807) is 29.3 Å². The predicted octanol–water partition coefficient (Wildman–Crippen LogP) is 1.86. The van der Waals surface area contributed by atoms with Crippen LogP contribution in [-0.4, -0.2) is 27.7 Å². The number of aryl methyl sites for hydroxylation is 2. The van der Waals surface area contributed by atoms with Crippen LogP contribution in [0.25, 0.3) is 0 Å². The zero-order valence-corrected chi connectivity index (χ0v) is 15.1. The Morgan fingerprint density at radius 2 is 2.18 bits per heavy atom. The minimum absolute atomic E-state index is 0. The van der Waals surface area contributed by atoms with Crippen LogP contribution in [0.3, 0.4) is 0 Å². The summed E-state index contributed by atoms with van der Waals surface area (Å²) in [7, 11) is 3.59. The zero-order chi connectivity index (χ0) is 14.5. The van der Waals surface area contributed by atoms with E-state index in [1.165, 1.54) is 0 Å². The largest absolute Gasteiger partial charge is 0.349 e. The number of amides is 1. The smallest absolute Gasteiger partial charge is 0.242 e. The molecule has 0 saturated carbocycles. The molecule has 1 unspecified atom stereocenters.